The maximum Gasteiger partial charge on any atom is 0.267 e. The second-order valence-electron chi connectivity index (χ2n) is 8.65. The number of piperazine rings is 1. The van der Waals surface area contributed by atoms with Gasteiger partial charge in [0, 0.05) is 45.5 Å². The van der Waals surface area contributed by atoms with Crippen molar-refractivity contribution in [3.05, 3.63) is 45.2 Å². The van der Waals surface area contributed by atoms with Crippen molar-refractivity contribution in [1.82, 2.24) is 19.2 Å². The fourth-order valence-electron chi connectivity index (χ4n) is 3.99. The number of β-amino-alcohol motifs (C(OH)–C–C–N with tert-alkyl or cyclic N) is 1. The number of thiocarbonyl (C=S) groups is 1. The van der Waals surface area contributed by atoms with E-state index in [1.807, 2.05) is 12.1 Å². The first-order valence-corrected chi connectivity index (χ1v) is 12.5. The number of carbonyl (C=O) groups excluding carboxylic acids is 1. The van der Waals surface area contributed by atoms with Crippen LogP contribution in [0.25, 0.3) is 11.7 Å². The topological polar surface area (TPSA) is 81.4 Å². The molecular weight excluding hydrogens is 458 g/mol. The van der Waals surface area contributed by atoms with Gasteiger partial charge in [-0.3, -0.25) is 23.8 Å². The summed E-state index contributed by atoms with van der Waals surface area (Å²) in [6.07, 6.45) is 4.22. The highest BCUT2D eigenvalue weighted by Crippen LogP contribution is 2.34. The van der Waals surface area contributed by atoms with Crippen molar-refractivity contribution >= 4 is 51.7 Å². The van der Waals surface area contributed by atoms with E-state index in [0.29, 0.717) is 58.4 Å². The predicted molar refractivity (Wildman–Crippen MR) is 137 cm³/mol. The second-order valence-corrected chi connectivity index (χ2v) is 10.3. The molecule has 2 saturated heterocycles. The molecule has 0 spiro atoms. The molecule has 0 aliphatic carbocycles. The molecule has 8 nitrogen and oxygen atoms in total. The van der Waals surface area contributed by atoms with E-state index in [0.717, 1.165) is 19.5 Å². The highest BCUT2D eigenvalue weighted by atomic mass is 32.2. The van der Waals surface area contributed by atoms with Gasteiger partial charge in [0.2, 0.25) is 0 Å². The minimum absolute atomic E-state index is 0.124. The smallest absolute Gasteiger partial charge is 0.267 e. The van der Waals surface area contributed by atoms with E-state index in [1.165, 1.54) is 16.2 Å². The Bertz CT molecular complexity index is 1140. The van der Waals surface area contributed by atoms with Crippen molar-refractivity contribution in [3.8, 4) is 0 Å². The quantitative estimate of drug-likeness (QED) is 0.470. The average molecular weight is 488 g/mol. The van der Waals surface area contributed by atoms with Crippen LogP contribution in [0.5, 0.6) is 0 Å². The van der Waals surface area contributed by atoms with Crippen LogP contribution in [0.2, 0.25) is 0 Å². The van der Waals surface area contributed by atoms with Gasteiger partial charge in [-0.15, -0.1) is 0 Å². The monoisotopic (exact) mass is 487 g/mol. The standard InChI is InChI=1S/C23H29N5O3S2/c1-16(2)6-8-28-22(31)18(33-23(28)32)15-17-20(26-11-9-25(10-12-26)13-14-29)24-19-5-3-4-7-27(19)21(17)30/h3-5,7,15-16,29H,6,8-14H2,1-2H3. The highest BCUT2D eigenvalue weighted by Gasteiger charge is 2.33. The molecule has 2 aromatic rings. The Kier molecular flexibility index (Phi) is 7.48. The van der Waals surface area contributed by atoms with Crippen molar-refractivity contribution in [3.63, 3.8) is 0 Å². The molecule has 0 aromatic carbocycles. The molecule has 2 fully saturated rings. The van der Waals surface area contributed by atoms with Crippen molar-refractivity contribution < 1.29 is 9.90 Å². The fraction of sp³-hybridized carbons (Fsp3) is 0.478. The van der Waals surface area contributed by atoms with Crippen LogP contribution in [0, 0.1) is 5.92 Å². The molecule has 33 heavy (non-hydrogen) atoms. The molecule has 0 atom stereocenters. The molecule has 0 unspecified atom stereocenters. The lowest BCUT2D eigenvalue weighted by atomic mass is 10.1. The van der Waals surface area contributed by atoms with E-state index >= 15 is 0 Å². The molecule has 0 bridgehead atoms. The Morgan fingerprint density at radius 1 is 1.18 bits per heavy atom. The van der Waals surface area contributed by atoms with Gasteiger partial charge in [0.1, 0.15) is 15.8 Å². The van der Waals surface area contributed by atoms with Crippen LogP contribution in [0.1, 0.15) is 25.8 Å². The number of rotatable bonds is 7. The predicted octanol–water partition coefficient (Wildman–Crippen LogP) is 2.06. The number of aliphatic hydroxyl groups excluding tert-OH is 1. The number of hydrogen-bond acceptors (Lipinski definition) is 8. The summed E-state index contributed by atoms with van der Waals surface area (Å²) in [6, 6.07) is 5.45. The maximum absolute atomic E-state index is 13.5. The molecule has 4 rings (SSSR count). The minimum atomic E-state index is -0.208. The lowest BCUT2D eigenvalue weighted by molar-refractivity contribution is -0.122. The van der Waals surface area contributed by atoms with Gasteiger partial charge in [-0.2, -0.15) is 0 Å². The Morgan fingerprint density at radius 2 is 1.94 bits per heavy atom. The van der Waals surface area contributed by atoms with Crippen molar-refractivity contribution in [1.29, 1.82) is 0 Å². The fourth-order valence-corrected chi connectivity index (χ4v) is 5.28. The first-order chi connectivity index (χ1) is 15.9. The average Bonchev–Trinajstić information content (AvgIpc) is 3.07. The molecule has 176 valence electrons. The molecule has 2 aromatic heterocycles. The van der Waals surface area contributed by atoms with Gasteiger partial charge in [0.05, 0.1) is 17.1 Å². The first-order valence-electron chi connectivity index (χ1n) is 11.2. The summed E-state index contributed by atoms with van der Waals surface area (Å²) >= 11 is 6.70. The van der Waals surface area contributed by atoms with E-state index in [9.17, 15) is 14.7 Å². The summed E-state index contributed by atoms with van der Waals surface area (Å²) in [7, 11) is 0. The largest absolute Gasteiger partial charge is 0.395 e. The van der Waals surface area contributed by atoms with Crippen LogP contribution in [-0.4, -0.2) is 80.4 Å². The zero-order valence-electron chi connectivity index (χ0n) is 18.9. The van der Waals surface area contributed by atoms with Gasteiger partial charge in [-0.05, 0) is 30.5 Å². The van der Waals surface area contributed by atoms with Gasteiger partial charge < -0.3 is 10.0 Å². The van der Waals surface area contributed by atoms with E-state index in [1.54, 1.807) is 23.2 Å². The van der Waals surface area contributed by atoms with Crippen LogP contribution in [0.4, 0.5) is 5.82 Å². The normalized spacial score (nSPS) is 19.0. The van der Waals surface area contributed by atoms with Gasteiger partial charge in [-0.1, -0.05) is 43.9 Å². The Hall–Kier alpha value is -2.27. The zero-order valence-corrected chi connectivity index (χ0v) is 20.6. The van der Waals surface area contributed by atoms with Crippen LogP contribution < -0.4 is 10.5 Å². The van der Waals surface area contributed by atoms with Gasteiger partial charge >= 0.3 is 0 Å². The number of thioether (sulfide) groups is 1. The molecule has 2 aliphatic heterocycles. The number of nitrogens with zero attached hydrogens (tertiary/aromatic N) is 5. The molecule has 1 N–H and O–H groups in total. The van der Waals surface area contributed by atoms with Gasteiger partial charge in [-0.25, -0.2) is 4.98 Å². The molecule has 2 aliphatic rings. The third kappa shape index (κ3) is 5.13. The first kappa shape index (κ1) is 23.9. The molecule has 0 radical (unpaired) electrons. The third-order valence-corrected chi connectivity index (χ3v) is 7.29. The minimum Gasteiger partial charge on any atom is -0.395 e. The molecular formula is C23H29N5O3S2. The van der Waals surface area contributed by atoms with Gasteiger partial charge in [0.25, 0.3) is 11.5 Å². The molecule has 1 amide bonds. The SMILES string of the molecule is CC(C)CCN1C(=O)C(=Cc2c(N3CCN(CCO)CC3)nc3ccccn3c2=O)SC1=S. The van der Waals surface area contributed by atoms with Crippen LogP contribution in [0.15, 0.2) is 34.1 Å². The number of anilines is 1. The molecule has 4 heterocycles. The number of aromatic nitrogens is 2. The number of pyridine rings is 1. The van der Waals surface area contributed by atoms with E-state index in [2.05, 4.69) is 23.6 Å². The van der Waals surface area contributed by atoms with Crippen LogP contribution in [-0.2, 0) is 4.79 Å². The lowest BCUT2D eigenvalue weighted by Crippen LogP contribution is -2.48. The maximum atomic E-state index is 13.5. The summed E-state index contributed by atoms with van der Waals surface area (Å²) in [4.78, 5) is 37.7. The number of carbonyl (C=O) groups is 1. The number of aliphatic hydroxyl groups is 1. The Balaban J connectivity index is 1.71. The van der Waals surface area contributed by atoms with E-state index in [4.69, 9.17) is 17.2 Å². The van der Waals surface area contributed by atoms with Crippen LogP contribution in [0.3, 0.4) is 0 Å². The summed E-state index contributed by atoms with van der Waals surface area (Å²) in [5.41, 5.74) is 0.761. The van der Waals surface area contributed by atoms with E-state index in [-0.39, 0.29) is 18.1 Å². The summed E-state index contributed by atoms with van der Waals surface area (Å²) in [5, 5.41) is 9.23. The third-order valence-electron chi connectivity index (χ3n) is 5.92. The second kappa shape index (κ2) is 10.3. The number of fused-ring (bicyclic) bond motifs is 1. The van der Waals surface area contributed by atoms with Crippen molar-refractivity contribution in [2.45, 2.75) is 20.3 Å². The Labute approximate surface area is 202 Å². The van der Waals surface area contributed by atoms with E-state index < -0.39 is 0 Å². The van der Waals surface area contributed by atoms with Crippen molar-refractivity contribution in [2.24, 2.45) is 5.92 Å². The van der Waals surface area contributed by atoms with Crippen LogP contribution >= 0.6 is 24.0 Å². The summed E-state index contributed by atoms with van der Waals surface area (Å²) in [6.45, 7) is 8.47. The molecule has 0 saturated carbocycles. The summed E-state index contributed by atoms with van der Waals surface area (Å²) < 4.78 is 2.04. The highest BCUT2D eigenvalue weighted by molar-refractivity contribution is 8.26. The lowest BCUT2D eigenvalue weighted by Gasteiger charge is -2.35. The summed E-state index contributed by atoms with van der Waals surface area (Å²) in [5.74, 6) is 0.897. The Morgan fingerprint density at radius 3 is 2.64 bits per heavy atom. The van der Waals surface area contributed by atoms with Crippen molar-refractivity contribution in [2.75, 3.05) is 50.8 Å². The number of hydrogen-bond donors (Lipinski definition) is 1. The molecule has 10 heteroatoms. The van der Waals surface area contributed by atoms with Gasteiger partial charge in [0.15, 0.2) is 0 Å². The zero-order chi connectivity index (χ0) is 23.5. The number of amides is 1.